The zero-order valence-corrected chi connectivity index (χ0v) is 17.2. The Kier molecular flexibility index (Phi) is 6.57. The molecular weight excluding hydrogens is 461 g/mol. The smallest absolute Gasteiger partial charge is 0.403 e. The van der Waals surface area contributed by atoms with Crippen molar-refractivity contribution in [3.05, 3.63) is 57.8 Å². The lowest BCUT2D eigenvalue weighted by Gasteiger charge is -2.16. The summed E-state index contributed by atoms with van der Waals surface area (Å²) >= 11 is 12.0. The Balaban J connectivity index is 1.97. The molecule has 0 saturated carbocycles. The fourth-order valence-electron chi connectivity index (χ4n) is 2.85. The van der Waals surface area contributed by atoms with Gasteiger partial charge in [0.1, 0.15) is 5.69 Å². The number of ether oxygens (including phenoxy) is 1. The zero-order chi connectivity index (χ0) is 22.8. The quantitative estimate of drug-likeness (QED) is 0.211. The number of nitriles is 1. The number of aliphatic imine (C=N–C) groups is 1. The van der Waals surface area contributed by atoms with Gasteiger partial charge in [-0.15, -0.1) is 13.2 Å². The van der Waals surface area contributed by atoms with E-state index in [2.05, 4.69) is 20.1 Å². The molecule has 6 nitrogen and oxygen atoms in total. The molecule has 0 fully saturated rings. The molecule has 3 rings (SSSR count). The summed E-state index contributed by atoms with van der Waals surface area (Å²) in [5.74, 6) is -2.68. The van der Waals surface area contributed by atoms with Crippen LogP contribution in [-0.4, -0.2) is 29.6 Å². The summed E-state index contributed by atoms with van der Waals surface area (Å²) in [6.07, 6.45) is -3.41. The highest BCUT2D eigenvalue weighted by Gasteiger charge is 2.33. The van der Waals surface area contributed by atoms with Gasteiger partial charge in [0, 0.05) is 5.92 Å². The Bertz CT molecular complexity index is 1100. The van der Waals surface area contributed by atoms with Crippen molar-refractivity contribution in [3.8, 4) is 11.9 Å². The maximum Gasteiger partial charge on any atom is 0.573 e. The van der Waals surface area contributed by atoms with E-state index in [1.807, 2.05) is 6.92 Å². The number of nitrogens with zero attached hydrogens (tertiary/aromatic N) is 4. The van der Waals surface area contributed by atoms with E-state index < -0.39 is 23.6 Å². The van der Waals surface area contributed by atoms with Gasteiger partial charge in [0.05, 0.1) is 22.3 Å². The van der Waals surface area contributed by atoms with E-state index in [0.29, 0.717) is 21.3 Å². The summed E-state index contributed by atoms with van der Waals surface area (Å²) in [4.78, 5) is 3.95. The summed E-state index contributed by atoms with van der Waals surface area (Å²) in [5, 5.41) is 17.8. The van der Waals surface area contributed by atoms with E-state index in [4.69, 9.17) is 28.5 Å². The third kappa shape index (κ3) is 5.37. The SMILES string of the molecule is CC1CN(C(=Nc2cccc(OC(F)(F)F)c2F)NC#N)N=C1c1ccc(Cl)c(Cl)c1. The average molecular weight is 474 g/mol. The Labute approximate surface area is 184 Å². The lowest BCUT2D eigenvalue weighted by Crippen LogP contribution is -2.35. The average Bonchev–Trinajstić information content (AvgIpc) is 3.07. The Morgan fingerprint density at radius 1 is 1.29 bits per heavy atom. The maximum atomic E-state index is 14.5. The fraction of sp³-hybridized carbons (Fsp3) is 0.211. The van der Waals surface area contributed by atoms with Crippen molar-refractivity contribution in [1.82, 2.24) is 10.3 Å². The van der Waals surface area contributed by atoms with Crippen LogP contribution < -0.4 is 10.1 Å². The fourth-order valence-corrected chi connectivity index (χ4v) is 3.15. The van der Waals surface area contributed by atoms with Crippen LogP contribution >= 0.6 is 23.2 Å². The van der Waals surface area contributed by atoms with Crippen molar-refractivity contribution in [1.29, 1.82) is 5.26 Å². The van der Waals surface area contributed by atoms with Crippen LogP contribution in [0.1, 0.15) is 12.5 Å². The molecule has 1 aliphatic heterocycles. The lowest BCUT2D eigenvalue weighted by atomic mass is 9.99. The number of hydrogen-bond donors (Lipinski definition) is 1. The van der Waals surface area contributed by atoms with Crippen molar-refractivity contribution in [2.24, 2.45) is 16.0 Å². The summed E-state index contributed by atoms with van der Waals surface area (Å²) in [6.45, 7) is 2.13. The Morgan fingerprint density at radius 2 is 2.03 bits per heavy atom. The highest BCUT2D eigenvalue weighted by atomic mass is 35.5. The van der Waals surface area contributed by atoms with Gasteiger partial charge in [-0.25, -0.2) is 14.4 Å². The first kappa shape index (κ1) is 22.7. The summed E-state index contributed by atoms with van der Waals surface area (Å²) in [7, 11) is 0. The largest absolute Gasteiger partial charge is 0.573 e. The van der Waals surface area contributed by atoms with Crippen LogP contribution in [0.15, 0.2) is 46.5 Å². The number of guanidine groups is 1. The van der Waals surface area contributed by atoms with Crippen molar-refractivity contribution in [3.63, 3.8) is 0 Å². The molecule has 0 aromatic heterocycles. The molecule has 1 N–H and O–H groups in total. The van der Waals surface area contributed by atoms with Crippen LogP contribution in [0.3, 0.4) is 0 Å². The lowest BCUT2D eigenvalue weighted by molar-refractivity contribution is -0.275. The monoisotopic (exact) mass is 473 g/mol. The second-order valence-electron chi connectivity index (χ2n) is 6.41. The molecule has 162 valence electrons. The molecule has 12 heteroatoms. The molecule has 0 spiro atoms. The number of nitrogens with one attached hydrogen (secondary N) is 1. The summed E-state index contributed by atoms with van der Waals surface area (Å²) in [6, 6.07) is 8.07. The van der Waals surface area contributed by atoms with Crippen molar-refractivity contribution in [2.75, 3.05) is 6.54 Å². The normalized spacial score (nSPS) is 16.7. The van der Waals surface area contributed by atoms with E-state index in [9.17, 15) is 17.6 Å². The zero-order valence-electron chi connectivity index (χ0n) is 15.7. The minimum absolute atomic E-state index is 0.132. The first-order chi connectivity index (χ1) is 14.6. The predicted octanol–water partition coefficient (Wildman–Crippen LogP) is 5.45. The van der Waals surface area contributed by atoms with E-state index >= 15 is 0 Å². The molecule has 2 aromatic rings. The van der Waals surface area contributed by atoms with Crippen molar-refractivity contribution < 1.29 is 22.3 Å². The molecule has 0 aliphatic carbocycles. The number of halogens is 6. The Morgan fingerprint density at radius 3 is 2.68 bits per heavy atom. The van der Waals surface area contributed by atoms with Gasteiger partial charge in [-0.2, -0.15) is 10.4 Å². The van der Waals surface area contributed by atoms with Gasteiger partial charge in [-0.1, -0.05) is 42.3 Å². The van der Waals surface area contributed by atoms with Gasteiger partial charge in [0.2, 0.25) is 5.96 Å². The molecular formula is C19H13Cl2F4N5O. The standard InChI is InChI=1S/C19H13Cl2F4N5O/c1-10-8-30(29-17(10)11-5-6-12(20)13(21)7-11)18(27-9-26)28-14-3-2-4-15(16(14)22)31-19(23,24)25/h2-7,10H,8H2,1H3,(H,27,28). The second-order valence-corrected chi connectivity index (χ2v) is 7.22. The highest BCUT2D eigenvalue weighted by molar-refractivity contribution is 6.42. The van der Waals surface area contributed by atoms with Gasteiger partial charge in [0.25, 0.3) is 0 Å². The first-order valence-electron chi connectivity index (χ1n) is 8.68. The minimum Gasteiger partial charge on any atom is -0.403 e. The number of rotatable bonds is 3. The third-order valence-corrected chi connectivity index (χ3v) is 4.90. The molecule has 0 saturated heterocycles. The molecule has 0 bridgehead atoms. The highest BCUT2D eigenvalue weighted by Crippen LogP contribution is 2.32. The topological polar surface area (TPSA) is 73.0 Å². The van der Waals surface area contributed by atoms with Crippen LogP contribution in [0.25, 0.3) is 0 Å². The predicted molar refractivity (Wildman–Crippen MR) is 108 cm³/mol. The first-order valence-corrected chi connectivity index (χ1v) is 9.44. The van der Waals surface area contributed by atoms with Gasteiger partial charge >= 0.3 is 6.36 Å². The van der Waals surface area contributed by atoms with E-state index in [1.165, 1.54) is 5.01 Å². The van der Waals surface area contributed by atoms with Crippen LogP contribution in [-0.2, 0) is 0 Å². The van der Waals surface area contributed by atoms with Crippen molar-refractivity contribution >= 4 is 40.6 Å². The maximum absolute atomic E-state index is 14.5. The van der Waals surface area contributed by atoms with E-state index in [1.54, 1.807) is 24.4 Å². The third-order valence-electron chi connectivity index (χ3n) is 4.16. The van der Waals surface area contributed by atoms with E-state index in [0.717, 1.165) is 18.2 Å². The van der Waals surface area contributed by atoms with Gasteiger partial charge < -0.3 is 4.74 Å². The molecule has 1 unspecified atom stereocenters. The minimum atomic E-state index is -5.07. The van der Waals surface area contributed by atoms with Gasteiger partial charge in [-0.05, 0) is 29.8 Å². The van der Waals surface area contributed by atoms with Crippen LogP contribution in [0, 0.1) is 23.2 Å². The molecule has 0 amide bonds. The summed E-state index contributed by atoms with van der Waals surface area (Å²) in [5.41, 5.74) is 0.832. The van der Waals surface area contributed by atoms with Crippen molar-refractivity contribution in [2.45, 2.75) is 13.3 Å². The second kappa shape index (κ2) is 8.99. The molecule has 31 heavy (non-hydrogen) atoms. The number of alkyl halides is 3. The van der Waals surface area contributed by atoms with Crippen LogP contribution in [0.5, 0.6) is 5.75 Å². The van der Waals surface area contributed by atoms with Gasteiger partial charge in [0.15, 0.2) is 17.8 Å². The number of hydrogen-bond acceptors (Lipinski definition) is 4. The number of hydrazone groups is 1. The van der Waals surface area contributed by atoms with Gasteiger partial charge in [-0.3, -0.25) is 5.32 Å². The Hall–Kier alpha value is -3.03. The molecule has 2 aromatic carbocycles. The van der Waals surface area contributed by atoms with Crippen LogP contribution in [0.4, 0.5) is 23.2 Å². The molecule has 0 radical (unpaired) electrons. The van der Waals surface area contributed by atoms with E-state index in [-0.39, 0.29) is 18.4 Å². The summed E-state index contributed by atoms with van der Waals surface area (Å²) < 4.78 is 55.5. The molecule has 1 aliphatic rings. The molecule has 1 atom stereocenters. The van der Waals surface area contributed by atoms with Crippen LogP contribution in [0.2, 0.25) is 10.0 Å². The molecule has 1 heterocycles. The number of benzene rings is 2.